The predicted octanol–water partition coefficient (Wildman–Crippen LogP) is 4.78. The first kappa shape index (κ1) is 18.0. The molecule has 2 heteroatoms. The van der Waals surface area contributed by atoms with E-state index in [0.29, 0.717) is 6.04 Å². The van der Waals surface area contributed by atoms with Crippen molar-refractivity contribution in [3.63, 3.8) is 0 Å². The third-order valence-corrected chi connectivity index (χ3v) is 4.91. The van der Waals surface area contributed by atoms with E-state index in [2.05, 4.69) is 39.9 Å². The zero-order valence-electron chi connectivity index (χ0n) is 14.5. The molecule has 0 amide bonds. The van der Waals surface area contributed by atoms with E-state index < -0.39 is 0 Å². The van der Waals surface area contributed by atoms with E-state index in [9.17, 15) is 0 Å². The summed E-state index contributed by atoms with van der Waals surface area (Å²) >= 11 is 0. The van der Waals surface area contributed by atoms with E-state index in [4.69, 9.17) is 4.74 Å². The molecule has 0 aromatic rings. The van der Waals surface area contributed by atoms with Crippen LogP contribution in [0.15, 0.2) is 0 Å². The maximum atomic E-state index is 6.33. The van der Waals surface area contributed by atoms with Gasteiger partial charge in [-0.3, -0.25) is 0 Å². The lowest BCUT2D eigenvalue weighted by Gasteiger charge is -2.45. The quantitative estimate of drug-likeness (QED) is 0.658. The van der Waals surface area contributed by atoms with Gasteiger partial charge in [0, 0.05) is 12.6 Å². The van der Waals surface area contributed by atoms with E-state index in [1.165, 1.54) is 44.9 Å². The molecule has 1 aliphatic carbocycles. The fourth-order valence-corrected chi connectivity index (χ4v) is 3.66. The number of hydrogen-bond donors (Lipinski definition) is 1. The summed E-state index contributed by atoms with van der Waals surface area (Å²) in [4.78, 5) is 0. The third-order valence-electron chi connectivity index (χ3n) is 4.91. The van der Waals surface area contributed by atoms with Crippen molar-refractivity contribution in [2.75, 3.05) is 13.2 Å². The van der Waals surface area contributed by atoms with Crippen LogP contribution in [0.3, 0.4) is 0 Å². The summed E-state index contributed by atoms with van der Waals surface area (Å²) in [6, 6.07) is 0.540. The lowest BCUT2D eigenvalue weighted by atomic mass is 9.74. The minimum atomic E-state index is 0.105. The lowest BCUT2D eigenvalue weighted by molar-refractivity contribution is -0.0979. The highest BCUT2D eigenvalue weighted by Crippen LogP contribution is 2.38. The van der Waals surface area contributed by atoms with Gasteiger partial charge >= 0.3 is 0 Å². The number of rotatable bonds is 9. The Balaban J connectivity index is 2.66. The van der Waals surface area contributed by atoms with E-state index in [1.807, 2.05) is 0 Å². The van der Waals surface area contributed by atoms with Crippen LogP contribution in [0.25, 0.3) is 0 Å². The summed E-state index contributed by atoms with van der Waals surface area (Å²) in [5, 5.41) is 3.74. The highest BCUT2D eigenvalue weighted by molar-refractivity contribution is 4.96. The van der Waals surface area contributed by atoms with Crippen LogP contribution in [0, 0.1) is 11.8 Å². The molecule has 0 aromatic carbocycles. The van der Waals surface area contributed by atoms with Crippen LogP contribution in [0.2, 0.25) is 0 Å². The molecule has 0 spiro atoms. The molecule has 0 aliphatic heterocycles. The Morgan fingerprint density at radius 2 is 1.80 bits per heavy atom. The van der Waals surface area contributed by atoms with Crippen molar-refractivity contribution in [2.24, 2.45) is 11.8 Å². The molecule has 0 aromatic heterocycles. The maximum absolute atomic E-state index is 6.33. The van der Waals surface area contributed by atoms with Gasteiger partial charge in [-0.25, -0.2) is 0 Å². The molecule has 1 fully saturated rings. The van der Waals surface area contributed by atoms with Crippen molar-refractivity contribution in [1.29, 1.82) is 0 Å². The minimum absolute atomic E-state index is 0.105. The molecule has 1 unspecified atom stereocenters. The Labute approximate surface area is 127 Å². The Morgan fingerprint density at radius 3 is 2.30 bits per heavy atom. The monoisotopic (exact) mass is 283 g/mol. The van der Waals surface area contributed by atoms with Crippen molar-refractivity contribution in [3.8, 4) is 0 Å². The summed E-state index contributed by atoms with van der Waals surface area (Å²) < 4.78 is 6.33. The summed E-state index contributed by atoms with van der Waals surface area (Å²) in [6.45, 7) is 13.3. The second-order valence-corrected chi connectivity index (χ2v) is 7.12. The molecule has 2 nitrogen and oxygen atoms in total. The zero-order chi connectivity index (χ0) is 15.0. The fraction of sp³-hybridized carbons (Fsp3) is 1.00. The average Bonchev–Trinajstić information content (AvgIpc) is 2.41. The fourth-order valence-electron chi connectivity index (χ4n) is 3.66. The SMILES string of the molecule is CCNC(CCCC(C)C)C1(OCC)CCC(C)CC1. The molecule has 1 aliphatic rings. The van der Waals surface area contributed by atoms with E-state index in [1.54, 1.807) is 0 Å². The van der Waals surface area contributed by atoms with Gasteiger partial charge in [0.05, 0.1) is 5.60 Å². The van der Waals surface area contributed by atoms with Crippen molar-refractivity contribution in [2.45, 2.75) is 91.2 Å². The van der Waals surface area contributed by atoms with Gasteiger partial charge in [-0.2, -0.15) is 0 Å². The van der Waals surface area contributed by atoms with Crippen LogP contribution in [0.4, 0.5) is 0 Å². The highest BCUT2D eigenvalue weighted by atomic mass is 16.5. The molecule has 0 bridgehead atoms. The molecule has 1 saturated carbocycles. The molecule has 0 radical (unpaired) electrons. The maximum Gasteiger partial charge on any atom is 0.0834 e. The first-order valence-corrected chi connectivity index (χ1v) is 8.91. The number of hydrogen-bond acceptors (Lipinski definition) is 2. The van der Waals surface area contributed by atoms with Gasteiger partial charge in [-0.15, -0.1) is 0 Å². The molecule has 0 saturated heterocycles. The summed E-state index contributed by atoms with van der Waals surface area (Å²) in [6.07, 6.45) is 9.04. The number of nitrogens with one attached hydrogen (secondary N) is 1. The molecular weight excluding hydrogens is 246 g/mol. The molecule has 0 heterocycles. The van der Waals surface area contributed by atoms with Gasteiger partial charge in [-0.1, -0.05) is 40.5 Å². The standard InChI is InChI=1S/C18H37NO/c1-6-19-17(10-8-9-15(3)4)18(20-7-2)13-11-16(5)12-14-18/h15-17,19H,6-14H2,1-5H3. The minimum Gasteiger partial charge on any atom is -0.374 e. The van der Waals surface area contributed by atoms with Crippen molar-refractivity contribution >= 4 is 0 Å². The van der Waals surface area contributed by atoms with E-state index in [0.717, 1.165) is 25.0 Å². The van der Waals surface area contributed by atoms with Crippen LogP contribution in [-0.2, 0) is 4.74 Å². The largest absolute Gasteiger partial charge is 0.374 e. The predicted molar refractivity (Wildman–Crippen MR) is 88.1 cm³/mol. The van der Waals surface area contributed by atoms with Gasteiger partial charge in [0.15, 0.2) is 0 Å². The van der Waals surface area contributed by atoms with Gasteiger partial charge in [0.2, 0.25) is 0 Å². The van der Waals surface area contributed by atoms with Crippen molar-refractivity contribution in [1.82, 2.24) is 5.32 Å². The van der Waals surface area contributed by atoms with Crippen molar-refractivity contribution in [3.05, 3.63) is 0 Å². The molecular formula is C18H37NO. The number of likely N-dealkylation sites (N-methyl/N-ethyl adjacent to an activating group) is 1. The normalized spacial score (nSPS) is 28.8. The Kier molecular flexibility index (Phi) is 8.13. The molecule has 1 atom stereocenters. The van der Waals surface area contributed by atoms with Gasteiger partial charge in [0.25, 0.3) is 0 Å². The third kappa shape index (κ3) is 5.37. The molecule has 1 N–H and O–H groups in total. The average molecular weight is 284 g/mol. The second-order valence-electron chi connectivity index (χ2n) is 7.12. The van der Waals surface area contributed by atoms with Gasteiger partial charge in [-0.05, 0) is 57.4 Å². The Morgan fingerprint density at radius 1 is 1.15 bits per heavy atom. The first-order chi connectivity index (χ1) is 9.54. The zero-order valence-corrected chi connectivity index (χ0v) is 14.5. The Bertz CT molecular complexity index is 244. The van der Waals surface area contributed by atoms with Crippen LogP contribution in [-0.4, -0.2) is 24.8 Å². The molecule has 120 valence electrons. The lowest BCUT2D eigenvalue weighted by Crippen LogP contribution is -2.54. The summed E-state index contributed by atoms with van der Waals surface area (Å²) in [7, 11) is 0. The Hall–Kier alpha value is -0.0800. The van der Waals surface area contributed by atoms with Crippen molar-refractivity contribution < 1.29 is 4.74 Å². The van der Waals surface area contributed by atoms with Crippen LogP contribution >= 0.6 is 0 Å². The van der Waals surface area contributed by atoms with Gasteiger partial charge < -0.3 is 10.1 Å². The second kappa shape index (κ2) is 9.04. The van der Waals surface area contributed by atoms with Crippen LogP contribution < -0.4 is 5.32 Å². The smallest absolute Gasteiger partial charge is 0.0834 e. The van der Waals surface area contributed by atoms with E-state index >= 15 is 0 Å². The van der Waals surface area contributed by atoms with Gasteiger partial charge in [0.1, 0.15) is 0 Å². The molecule has 1 rings (SSSR count). The van der Waals surface area contributed by atoms with E-state index in [-0.39, 0.29) is 5.60 Å². The summed E-state index contributed by atoms with van der Waals surface area (Å²) in [5.41, 5.74) is 0.105. The highest BCUT2D eigenvalue weighted by Gasteiger charge is 2.41. The topological polar surface area (TPSA) is 21.3 Å². The van der Waals surface area contributed by atoms with Crippen LogP contribution in [0.5, 0.6) is 0 Å². The first-order valence-electron chi connectivity index (χ1n) is 8.91. The number of ether oxygens (including phenoxy) is 1. The summed E-state index contributed by atoms with van der Waals surface area (Å²) in [5.74, 6) is 1.69. The van der Waals surface area contributed by atoms with Crippen LogP contribution in [0.1, 0.15) is 79.6 Å². The molecule has 20 heavy (non-hydrogen) atoms.